The van der Waals surface area contributed by atoms with Crippen LogP contribution in [-0.2, 0) is 26.2 Å². The first-order valence-corrected chi connectivity index (χ1v) is 15.9. The van der Waals surface area contributed by atoms with E-state index in [-0.39, 0.29) is 29.9 Å². The molecule has 2 amide bonds. The van der Waals surface area contributed by atoms with Crippen molar-refractivity contribution < 1.29 is 27.5 Å². The molecule has 1 atom stereocenters. The number of fused-ring (bicyclic) bond motifs is 1. The van der Waals surface area contributed by atoms with Gasteiger partial charge in [-0.2, -0.15) is 0 Å². The van der Waals surface area contributed by atoms with Crippen molar-refractivity contribution in [2.75, 3.05) is 29.8 Å². The van der Waals surface area contributed by atoms with Gasteiger partial charge < -0.3 is 19.7 Å². The number of carbonyl (C=O) groups excluding carboxylic acids is 2. The summed E-state index contributed by atoms with van der Waals surface area (Å²) < 4.78 is 38.7. The van der Waals surface area contributed by atoms with Gasteiger partial charge in [0.25, 0.3) is 0 Å². The zero-order valence-corrected chi connectivity index (χ0v) is 25.0. The Bertz CT molecular complexity index is 1330. The number of nitrogens with one attached hydrogen (secondary N) is 1. The SMILES string of the molecule is CCS(=O)(=O)N(CC(=O)N(Cc1ccc(Cl)cc1Cl)[C@H](C)C(=O)NC1CCCCC1)c1ccc2c(c1)OCCO2. The standard InChI is InChI=1S/C28H35Cl2N3O6S/c1-3-40(36,37)33(23-11-12-25-26(16-23)39-14-13-38-25)18-27(34)32(17-20-9-10-21(29)15-24(20)30)19(2)28(35)31-22-7-5-4-6-8-22/h9-12,15-16,19,22H,3-8,13-14,17-18H2,1-2H3,(H,31,35)/t19-/m1/s1. The lowest BCUT2D eigenvalue weighted by atomic mass is 9.95. The molecule has 2 aliphatic rings. The Morgan fingerprint density at radius 3 is 2.40 bits per heavy atom. The van der Waals surface area contributed by atoms with E-state index in [1.165, 1.54) is 11.8 Å². The Balaban J connectivity index is 1.63. The number of sulfonamides is 1. The normalized spacial score (nSPS) is 16.2. The molecular weight excluding hydrogens is 577 g/mol. The van der Waals surface area contributed by atoms with Crippen LogP contribution in [0.15, 0.2) is 36.4 Å². The summed E-state index contributed by atoms with van der Waals surface area (Å²) in [7, 11) is -3.88. The van der Waals surface area contributed by atoms with Gasteiger partial charge in [0.05, 0.1) is 11.4 Å². The average molecular weight is 613 g/mol. The molecule has 0 saturated heterocycles. The summed E-state index contributed by atoms with van der Waals surface area (Å²) >= 11 is 12.5. The maximum absolute atomic E-state index is 13.9. The monoisotopic (exact) mass is 611 g/mol. The van der Waals surface area contributed by atoms with Gasteiger partial charge in [-0.15, -0.1) is 0 Å². The summed E-state index contributed by atoms with van der Waals surface area (Å²) in [5, 5.41) is 3.86. The fourth-order valence-electron chi connectivity index (χ4n) is 4.89. The van der Waals surface area contributed by atoms with E-state index in [1.807, 2.05) is 0 Å². The lowest BCUT2D eigenvalue weighted by molar-refractivity contribution is -0.139. The van der Waals surface area contributed by atoms with E-state index < -0.39 is 28.5 Å². The molecule has 2 aromatic rings. The first-order chi connectivity index (χ1) is 19.1. The Kier molecular flexibility index (Phi) is 10.1. The summed E-state index contributed by atoms with van der Waals surface area (Å²) in [5.74, 6) is -0.173. The molecule has 12 heteroatoms. The third kappa shape index (κ3) is 7.33. The van der Waals surface area contributed by atoms with Crippen LogP contribution in [0.25, 0.3) is 0 Å². The number of benzene rings is 2. The van der Waals surface area contributed by atoms with Crippen molar-refractivity contribution in [2.24, 2.45) is 0 Å². The molecule has 4 rings (SSSR count). The summed E-state index contributed by atoms with van der Waals surface area (Å²) in [6.45, 7) is 3.36. The molecule has 1 N–H and O–H groups in total. The summed E-state index contributed by atoms with van der Waals surface area (Å²) in [4.78, 5) is 28.6. The highest BCUT2D eigenvalue weighted by Crippen LogP contribution is 2.35. The largest absolute Gasteiger partial charge is 0.486 e. The van der Waals surface area contributed by atoms with Gasteiger partial charge in [-0.25, -0.2) is 8.42 Å². The molecular formula is C28H35Cl2N3O6S. The number of amides is 2. The van der Waals surface area contributed by atoms with Crippen molar-refractivity contribution in [1.29, 1.82) is 0 Å². The molecule has 2 aromatic carbocycles. The Morgan fingerprint density at radius 2 is 1.73 bits per heavy atom. The maximum atomic E-state index is 13.9. The van der Waals surface area contributed by atoms with Gasteiger partial charge in [-0.05, 0) is 56.5 Å². The highest BCUT2D eigenvalue weighted by Gasteiger charge is 2.32. The molecule has 218 valence electrons. The first kappa shape index (κ1) is 30.3. The van der Waals surface area contributed by atoms with Crippen LogP contribution in [0.4, 0.5) is 5.69 Å². The van der Waals surface area contributed by atoms with Crippen LogP contribution in [0.5, 0.6) is 11.5 Å². The van der Waals surface area contributed by atoms with Gasteiger partial charge in [0.2, 0.25) is 21.8 Å². The van der Waals surface area contributed by atoms with Crippen LogP contribution in [0.2, 0.25) is 10.0 Å². The number of nitrogens with zero attached hydrogens (tertiary/aromatic N) is 2. The van der Waals surface area contributed by atoms with Crippen molar-refractivity contribution in [1.82, 2.24) is 10.2 Å². The second kappa shape index (κ2) is 13.3. The number of rotatable bonds is 10. The minimum absolute atomic E-state index is 0.00472. The molecule has 40 heavy (non-hydrogen) atoms. The van der Waals surface area contributed by atoms with E-state index in [0.29, 0.717) is 40.3 Å². The van der Waals surface area contributed by atoms with E-state index >= 15 is 0 Å². The second-order valence-electron chi connectivity index (χ2n) is 10.0. The number of carbonyl (C=O) groups is 2. The van der Waals surface area contributed by atoms with Crippen LogP contribution in [0, 0.1) is 0 Å². The maximum Gasteiger partial charge on any atom is 0.244 e. The van der Waals surface area contributed by atoms with Crippen molar-refractivity contribution >= 4 is 50.7 Å². The first-order valence-electron chi connectivity index (χ1n) is 13.5. The van der Waals surface area contributed by atoms with Crippen molar-refractivity contribution in [3.63, 3.8) is 0 Å². The molecule has 1 saturated carbocycles. The van der Waals surface area contributed by atoms with Crippen LogP contribution >= 0.6 is 23.2 Å². The number of hydrogen-bond donors (Lipinski definition) is 1. The van der Waals surface area contributed by atoms with Crippen LogP contribution < -0.4 is 19.1 Å². The lowest BCUT2D eigenvalue weighted by Crippen LogP contribution is -2.53. The highest BCUT2D eigenvalue weighted by atomic mass is 35.5. The third-order valence-electron chi connectivity index (χ3n) is 7.27. The number of hydrogen-bond acceptors (Lipinski definition) is 6. The molecule has 1 aliphatic heterocycles. The molecule has 9 nitrogen and oxygen atoms in total. The zero-order valence-electron chi connectivity index (χ0n) is 22.7. The molecule has 1 heterocycles. The van der Waals surface area contributed by atoms with E-state index in [2.05, 4.69) is 5.32 Å². The fourth-order valence-corrected chi connectivity index (χ4v) is 6.41. The molecule has 0 unspecified atom stereocenters. The van der Waals surface area contributed by atoms with E-state index in [1.54, 1.807) is 43.3 Å². The third-order valence-corrected chi connectivity index (χ3v) is 9.60. The molecule has 1 fully saturated rings. The van der Waals surface area contributed by atoms with Gasteiger partial charge in [-0.3, -0.25) is 13.9 Å². The number of ether oxygens (including phenoxy) is 2. The highest BCUT2D eigenvalue weighted by molar-refractivity contribution is 7.92. The van der Waals surface area contributed by atoms with E-state index in [0.717, 1.165) is 36.4 Å². The minimum Gasteiger partial charge on any atom is -0.486 e. The number of anilines is 1. The smallest absolute Gasteiger partial charge is 0.244 e. The molecule has 0 radical (unpaired) electrons. The summed E-state index contributed by atoms with van der Waals surface area (Å²) in [5.41, 5.74) is 0.851. The number of halogens is 2. The molecule has 0 aromatic heterocycles. The van der Waals surface area contributed by atoms with Crippen LogP contribution in [0.3, 0.4) is 0 Å². The molecule has 0 bridgehead atoms. The Morgan fingerprint density at radius 1 is 1.02 bits per heavy atom. The van der Waals surface area contributed by atoms with E-state index in [4.69, 9.17) is 32.7 Å². The quantitative estimate of drug-likeness (QED) is 0.414. The predicted molar refractivity (Wildman–Crippen MR) is 156 cm³/mol. The second-order valence-corrected chi connectivity index (χ2v) is 13.0. The molecule has 1 aliphatic carbocycles. The van der Waals surface area contributed by atoms with Crippen LogP contribution in [-0.4, -0.2) is 62.7 Å². The summed E-state index contributed by atoms with van der Waals surface area (Å²) in [6.07, 6.45) is 5.01. The summed E-state index contributed by atoms with van der Waals surface area (Å²) in [6, 6.07) is 8.83. The Labute approximate surface area is 245 Å². The van der Waals surface area contributed by atoms with Gasteiger partial charge in [0, 0.05) is 28.7 Å². The van der Waals surface area contributed by atoms with Gasteiger partial charge in [0.1, 0.15) is 25.8 Å². The van der Waals surface area contributed by atoms with E-state index in [9.17, 15) is 18.0 Å². The van der Waals surface area contributed by atoms with Crippen LogP contribution in [0.1, 0.15) is 51.5 Å². The lowest BCUT2D eigenvalue weighted by Gasteiger charge is -2.33. The Hall–Kier alpha value is -2.69. The topological polar surface area (TPSA) is 105 Å². The van der Waals surface area contributed by atoms with Gasteiger partial charge >= 0.3 is 0 Å². The fraction of sp³-hybridized carbons (Fsp3) is 0.500. The van der Waals surface area contributed by atoms with Crippen molar-refractivity contribution in [2.45, 2.75) is 64.6 Å². The zero-order chi connectivity index (χ0) is 28.9. The molecule has 0 spiro atoms. The minimum atomic E-state index is -3.88. The van der Waals surface area contributed by atoms with Gasteiger partial charge in [0.15, 0.2) is 11.5 Å². The van der Waals surface area contributed by atoms with Crippen molar-refractivity contribution in [3.05, 3.63) is 52.0 Å². The predicted octanol–water partition coefficient (Wildman–Crippen LogP) is 4.79. The average Bonchev–Trinajstić information content (AvgIpc) is 2.95. The van der Waals surface area contributed by atoms with Crippen molar-refractivity contribution in [3.8, 4) is 11.5 Å². The van der Waals surface area contributed by atoms with Gasteiger partial charge in [-0.1, -0.05) is 48.5 Å².